The summed E-state index contributed by atoms with van der Waals surface area (Å²) in [5.74, 6) is 0. The second-order valence-corrected chi connectivity index (χ2v) is 6.99. The fourth-order valence-electron chi connectivity index (χ4n) is 3.84. The highest BCUT2D eigenvalue weighted by molar-refractivity contribution is 5.80. The summed E-state index contributed by atoms with van der Waals surface area (Å²) >= 11 is 0. The maximum absolute atomic E-state index is 12.7. The molecule has 0 saturated carbocycles. The minimum Gasteiger partial charge on any atom is -0.357 e. The highest BCUT2D eigenvalue weighted by Gasteiger charge is 2.30. The first-order valence-electron chi connectivity index (χ1n) is 8.98. The van der Waals surface area contributed by atoms with Gasteiger partial charge in [-0.15, -0.1) is 0 Å². The van der Waals surface area contributed by atoms with Gasteiger partial charge in [-0.1, -0.05) is 36.8 Å². The highest BCUT2D eigenvalue weighted by atomic mass is 19.4. The number of piperidine rings is 1. The Morgan fingerprint density at radius 3 is 2.50 bits per heavy atom. The normalized spacial score (nSPS) is 19.1. The zero-order valence-electron chi connectivity index (χ0n) is 14.4. The zero-order valence-corrected chi connectivity index (χ0v) is 14.4. The number of nitrogens with zero attached hydrogens (tertiary/aromatic N) is 1. The van der Waals surface area contributed by atoms with Crippen molar-refractivity contribution in [1.82, 2.24) is 9.88 Å². The lowest BCUT2D eigenvalue weighted by Crippen LogP contribution is -2.33. The molecule has 5 heteroatoms. The first-order chi connectivity index (χ1) is 12.5. The molecule has 2 aromatic carbocycles. The number of benzene rings is 2. The number of hydrogen-bond donors (Lipinski definition) is 1. The fraction of sp³-hybridized carbons (Fsp3) is 0.333. The van der Waals surface area contributed by atoms with Gasteiger partial charge in [-0.25, -0.2) is 0 Å². The average Bonchev–Trinajstić information content (AvgIpc) is 3.06. The maximum atomic E-state index is 12.7. The Morgan fingerprint density at radius 2 is 1.77 bits per heavy atom. The summed E-state index contributed by atoms with van der Waals surface area (Å²) in [6.07, 6.45) is -0.926. The Morgan fingerprint density at radius 1 is 1.00 bits per heavy atom. The van der Waals surface area contributed by atoms with E-state index in [2.05, 4.69) is 28.1 Å². The first kappa shape index (κ1) is 17.2. The molecule has 1 unspecified atom stereocenters. The van der Waals surface area contributed by atoms with E-state index in [9.17, 15) is 13.2 Å². The molecule has 0 bridgehead atoms. The van der Waals surface area contributed by atoms with Crippen molar-refractivity contribution in [1.29, 1.82) is 0 Å². The van der Waals surface area contributed by atoms with Crippen LogP contribution in [0.5, 0.6) is 0 Å². The van der Waals surface area contributed by atoms with E-state index in [4.69, 9.17) is 0 Å². The Bertz CT molecular complexity index is 847. The molecule has 1 aromatic heterocycles. The molecule has 0 radical (unpaired) electrons. The first-order valence-corrected chi connectivity index (χ1v) is 8.98. The summed E-state index contributed by atoms with van der Waals surface area (Å²) in [7, 11) is 0. The number of H-pyrrole nitrogens is 1. The number of nitrogens with one attached hydrogen (secondary N) is 1. The SMILES string of the molecule is FC(F)(F)c1ccc(CN2CCCCC2c2cc3ccccc3[nH]2)cc1. The number of hydrogen-bond acceptors (Lipinski definition) is 1. The Balaban J connectivity index is 1.55. The largest absolute Gasteiger partial charge is 0.416 e. The van der Waals surface area contributed by atoms with Gasteiger partial charge in [-0.2, -0.15) is 13.2 Å². The van der Waals surface area contributed by atoms with Crippen LogP contribution in [0.3, 0.4) is 0 Å². The van der Waals surface area contributed by atoms with Crippen molar-refractivity contribution in [2.75, 3.05) is 6.54 Å². The number of aromatic amines is 1. The van der Waals surface area contributed by atoms with Gasteiger partial charge in [0.05, 0.1) is 11.6 Å². The Hall–Kier alpha value is -2.27. The molecule has 1 atom stereocenters. The molecular formula is C21H21F3N2. The Labute approximate surface area is 150 Å². The summed E-state index contributed by atoms with van der Waals surface area (Å²) in [5.41, 5.74) is 2.65. The van der Waals surface area contributed by atoms with Gasteiger partial charge in [0, 0.05) is 17.8 Å². The number of fused-ring (bicyclic) bond motifs is 1. The summed E-state index contributed by atoms with van der Waals surface area (Å²) in [6, 6.07) is 16.2. The maximum Gasteiger partial charge on any atom is 0.416 e. The second-order valence-electron chi connectivity index (χ2n) is 6.99. The molecule has 26 heavy (non-hydrogen) atoms. The molecule has 1 N–H and O–H groups in total. The van der Waals surface area contributed by atoms with Crippen molar-refractivity contribution in [3.8, 4) is 0 Å². The van der Waals surface area contributed by atoms with Crippen LogP contribution in [-0.2, 0) is 12.7 Å². The fourth-order valence-corrected chi connectivity index (χ4v) is 3.84. The lowest BCUT2D eigenvalue weighted by atomic mass is 9.98. The van der Waals surface area contributed by atoms with Crippen LogP contribution < -0.4 is 0 Å². The number of alkyl halides is 3. The monoisotopic (exact) mass is 358 g/mol. The molecule has 2 heterocycles. The molecule has 3 aromatic rings. The van der Waals surface area contributed by atoms with Gasteiger partial charge < -0.3 is 4.98 Å². The molecule has 0 aliphatic carbocycles. The number of likely N-dealkylation sites (tertiary alicyclic amines) is 1. The van der Waals surface area contributed by atoms with Crippen molar-refractivity contribution in [2.45, 2.75) is 38.0 Å². The predicted molar refractivity (Wildman–Crippen MR) is 96.7 cm³/mol. The van der Waals surface area contributed by atoms with Crippen molar-refractivity contribution >= 4 is 10.9 Å². The number of rotatable bonds is 3. The molecule has 0 spiro atoms. The van der Waals surface area contributed by atoms with E-state index in [0.717, 1.165) is 30.5 Å². The van der Waals surface area contributed by atoms with E-state index >= 15 is 0 Å². The van der Waals surface area contributed by atoms with Crippen LogP contribution in [0, 0.1) is 0 Å². The highest BCUT2D eigenvalue weighted by Crippen LogP contribution is 2.34. The van der Waals surface area contributed by atoms with Crippen LogP contribution in [0.25, 0.3) is 10.9 Å². The molecule has 2 nitrogen and oxygen atoms in total. The summed E-state index contributed by atoms with van der Waals surface area (Å²) in [6.45, 7) is 1.62. The zero-order chi connectivity index (χ0) is 18.1. The summed E-state index contributed by atoms with van der Waals surface area (Å²) in [4.78, 5) is 5.89. The lowest BCUT2D eigenvalue weighted by molar-refractivity contribution is -0.137. The minimum atomic E-state index is -4.28. The van der Waals surface area contributed by atoms with E-state index in [1.807, 2.05) is 12.1 Å². The molecule has 1 aliphatic heterocycles. The summed E-state index contributed by atoms with van der Waals surface area (Å²) in [5, 5.41) is 1.20. The van der Waals surface area contributed by atoms with Crippen molar-refractivity contribution in [2.24, 2.45) is 0 Å². The van der Waals surface area contributed by atoms with Gasteiger partial charge in [0.25, 0.3) is 0 Å². The third-order valence-corrected chi connectivity index (χ3v) is 5.19. The molecular weight excluding hydrogens is 337 g/mol. The van der Waals surface area contributed by atoms with Gasteiger partial charge in [0.1, 0.15) is 0 Å². The van der Waals surface area contributed by atoms with Crippen LogP contribution >= 0.6 is 0 Å². The number of halogens is 3. The topological polar surface area (TPSA) is 19.0 Å². The molecule has 1 aliphatic rings. The number of para-hydroxylation sites is 1. The molecule has 0 amide bonds. The van der Waals surface area contributed by atoms with Crippen LogP contribution in [0.15, 0.2) is 54.6 Å². The summed E-state index contributed by atoms with van der Waals surface area (Å²) < 4.78 is 38.2. The van der Waals surface area contributed by atoms with Crippen LogP contribution in [0.2, 0.25) is 0 Å². The molecule has 1 fully saturated rings. The third kappa shape index (κ3) is 3.49. The molecule has 136 valence electrons. The standard InChI is InChI=1S/C21H21F3N2/c22-21(23,24)17-10-8-15(9-11-17)14-26-12-4-3-7-20(26)19-13-16-5-1-2-6-18(16)25-19/h1-2,5-6,8-11,13,20,25H,3-4,7,12,14H2. The van der Waals surface area contributed by atoms with E-state index in [-0.39, 0.29) is 6.04 Å². The second kappa shape index (κ2) is 6.80. The Kier molecular flexibility index (Phi) is 4.49. The van der Waals surface area contributed by atoms with Gasteiger partial charge >= 0.3 is 6.18 Å². The minimum absolute atomic E-state index is 0.276. The van der Waals surface area contributed by atoms with Crippen molar-refractivity contribution < 1.29 is 13.2 Å². The van der Waals surface area contributed by atoms with Gasteiger partial charge in [-0.3, -0.25) is 4.90 Å². The average molecular weight is 358 g/mol. The van der Waals surface area contributed by atoms with E-state index in [0.29, 0.717) is 6.54 Å². The lowest BCUT2D eigenvalue weighted by Gasteiger charge is -2.35. The van der Waals surface area contributed by atoms with Gasteiger partial charge in [0.15, 0.2) is 0 Å². The van der Waals surface area contributed by atoms with Gasteiger partial charge in [-0.05, 0) is 54.6 Å². The smallest absolute Gasteiger partial charge is 0.357 e. The van der Waals surface area contributed by atoms with E-state index in [1.54, 1.807) is 12.1 Å². The van der Waals surface area contributed by atoms with Gasteiger partial charge in [0.2, 0.25) is 0 Å². The van der Waals surface area contributed by atoms with E-state index in [1.165, 1.54) is 29.6 Å². The van der Waals surface area contributed by atoms with Crippen molar-refractivity contribution in [3.63, 3.8) is 0 Å². The van der Waals surface area contributed by atoms with Crippen LogP contribution in [0.1, 0.15) is 42.1 Å². The van der Waals surface area contributed by atoms with Crippen LogP contribution in [0.4, 0.5) is 13.2 Å². The number of aromatic nitrogens is 1. The predicted octanol–water partition coefficient (Wildman–Crippen LogP) is 5.91. The third-order valence-electron chi connectivity index (χ3n) is 5.19. The van der Waals surface area contributed by atoms with Crippen LogP contribution in [-0.4, -0.2) is 16.4 Å². The van der Waals surface area contributed by atoms with Crippen molar-refractivity contribution in [3.05, 3.63) is 71.4 Å². The van der Waals surface area contributed by atoms with E-state index < -0.39 is 11.7 Å². The molecule has 1 saturated heterocycles. The molecule has 4 rings (SSSR count). The quantitative estimate of drug-likeness (QED) is 0.616.